The van der Waals surface area contributed by atoms with E-state index in [1.807, 2.05) is 51.1 Å². The number of anilines is 1. The molecule has 3 atom stereocenters. The average molecular weight is 630 g/mol. The molecule has 7 nitrogen and oxygen atoms in total. The van der Waals surface area contributed by atoms with E-state index in [0.29, 0.717) is 12.1 Å². The summed E-state index contributed by atoms with van der Waals surface area (Å²) in [6.45, 7) is 5.31. The minimum atomic E-state index is -1.08. The number of ether oxygens (including phenoxy) is 1. The predicted octanol–water partition coefficient (Wildman–Crippen LogP) is 6.00. The molecule has 1 heterocycles. The zero-order valence-electron chi connectivity index (χ0n) is 23.9. The van der Waals surface area contributed by atoms with Crippen LogP contribution >= 0.6 is 15.9 Å². The first kappa shape index (κ1) is 28.3. The SMILES string of the molecule is CCCC[C@H](C(=O)OCC(=O)Nc1ccc(Br)c(C)c1C)N1C(=O)[C@H]2C3c4ccccc4C(c4ccccc43)[C@@H]2C1=O. The Morgan fingerprint density at radius 2 is 1.38 bits per heavy atom. The molecule has 1 saturated heterocycles. The maximum absolute atomic E-state index is 14.2. The van der Waals surface area contributed by atoms with Crippen LogP contribution in [0.25, 0.3) is 0 Å². The van der Waals surface area contributed by atoms with Gasteiger partial charge >= 0.3 is 5.97 Å². The van der Waals surface area contributed by atoms with Crippen molar-refractivity contribution < 1.29 is 23.9 Å². The lowest BCUT2D eigenvalue weighted by Crippen LogP contribution is -2.47. The van der Waals surface area contributed by atoms with Crippen LogP contribution in [-0.2, 0) is 23.9 Å². The molecule has 4 aliphatic rings. The molecule has 3 aromatic carbocycles. The predicted molar refractivity (Wildman–Crippen MR) is 162 cm³/mol. The van der Waals surface area contributed by atoms with Crippen molar-refractivity contribution in [1.29, 1.82) is 0 Å². The number of rotatable bonds is 8. The molecule has 0 saturated carbocycles. The molecular formula is C34H33BrN2O5. The van der Waals surface area contributed by atoms with Crippen molar-refractivity contribution in [3.8, 4) is 0 Å². The fourth-order valence-corrected chi connectivity index (χ4v) is 7.53. The summed E-state index contributed by atoms with van der Waals surface area (Å²) in [5, 5.41) is 2.80. The molecule has 0 unspecified atom stereocenters. The van der Waals surface area contributed by atoms with Gasteiger partial charge in [-0.1, -0.05) is 84.2 Å². The third-order valence-electron chi connectivity index (χ3n) is 9.24. The molecule has 7 rings (SSSR count). The van der Waals surface area contributed by atoms with Crippen molar-refractivity contribution in [2.75, 3.05) is 11.9 Å². The first-order valence-corrected chi connectivity index (χ1v) is 15.3. The molecule has 42 heavy (non-hydrogen) atoms. The lowest BCUT2D eigenvalue weighted by atomic mass is 9.55. The van der Waals surface area contributed by atoms with Gasteiger partial charge in [-0.25, -0.2) is 4.79 Å². The van der Waals surface area contributed by atoms with Crippen LogP contribution in [0.3, 0.4) is 0 Å². The molecule has 3 aliphatic carbocycles. The van der Waals surface area contributed by atoms with Crippen molar-refractivity contribution in [3.63, 3.8) is 0 Å². The van der Waals surface area contributed by atoms with E-state index in [2.05, 4.69) is 45.5 Å². The van der Waals surface area contributed by atoms with Crippen LogP contribution in [0.1, 0.15) is 71.4 Å². The molecule has 1 fully saturated rings. The number of likely N-dealkylation sites (tertiary alicyclic amines) is 1. The number of benzene rings is 3. The topological polar surface area (TPSA) is 92.8 Å². The third-order valence-corrected chi connectivity index (χ3v) is 10.1. The van der Waals surface area contributed by atoms with Crippen molar-refractivity contribution >= 4 is 45.3 Å². The quantitative estimate of drug-likeness (QED) is 0.244. The number of amides is 3. The fourth-order valence-electron chi connectivity index (χ4n) is 7.10. The van der Waals surface area contributed by atoms with E-state index in [4.69, 9.17) is 4.74 Å². The molecule has 2 bridgehead atoms. The highest BCUT2D eigenvalue weighted by atomic mass is 79.9. The Kier molecular flexibility index (Phi) is 7.51. The van der Waals surface area contributed by atoms with Crippen LogP contribution in [0.2, 0.25) is 0 Å². The Hall–Kier alpha value is -3.78. The number of hydrogen-bond acceptors (Lipinski definition) is 5. The molecule has 1 N–H and O–H groups in total. The Balaban J connectivity index is 1.25. The number of carbonyl (C=O) groups excluding carboxylic acids is 4. The van der Waals surface area contributed by atoms with E-state index in [9.17, 15) is 19.2 Å². The van der Waals surface area contributed by atoms with Crippen molar-refractivity contribution in [3.05, 3.63) is 98.5 Å². The molecule has 3 amide bonds. The first-order chi connectivity index (χ1) is 20.2. The van der Waals surface area contributed by atoms with Gasteiger partial charge < -0.3 is 10.1 Å². The zero-order chi connectivity index (χ0) is 29.7. The molecule has 0 spiro atoms. The summed E-state index contributed by atoms with van der Waals surface area (Å²) in [6.07, 6.45) is 1.69. The second kappa shape index (κ2) is 11.1. The van der Waals surface area contributed by atoms with Gasteiger partial charge in [0, 0.05) is 22.0 Å². The molecule has 0 radical (unpaired) electrons. The smallest absolute Gasteiger partial charge is 0.329 e. The Labute approximate surface area is 253 Å². The van der Waals surface area contributed by atoms with Crippen molar-refractivity contribution in [2.45, 2.75) is 57.9 Å². The molecule has 1 aliphatic heterocycles. The summed E-state index contributed by atoms with van der Waals surface area (Å²) in [5.74, 6) is -3.52. The minimum absolute atomic E-state index is 0.250. The van der Waals surface area contributed by atoms with Gasteiger partial charge in [-0.3, -0.25) is 19.3 Å². The largest absolute Gasteiger partial charge is 0.454 e. The van der Waals surface area contributed by atoms with E-state index in [1.54, 1.807) is 6.07 Å². The average Bonchev–Trinajstić information content (AvgIpc) is 3.26. The van der Waals surface area contributed by atoms with Gasteiger partial charge in [0.15, 0.2) is 6.61 Å². The number of nitrogens with one attached hydrogen (secondary N) is 1. The summed E-state index contributed by atoms with van der Waals surface area (Å²) >= 11 is 3.48. The first-order valence-electron chi connectivity index (χ1n) is 14.5. The van der Waals surface area contributed by atoms with Gasteiger partial charge in [-0.2, -0.15) is 0 Å². The minimum Gasteiger partial charge on any atom is -0.454 e. The van der Waals surface area contributed by atoms with E-state index in [-0.39, 0.29) is 30.1 Å². The normalized spacial score (nSPS) is 22.3. The standard InChI is InChI=1S/C34H33BrN2O5/c1-4-5-14-26(34(41)42-17-27(38)36-25-16-15-24(35)18(2)19(25)3)37-32(39)30-28-20-10-6-7-11-21(20)29(31(30)33(37)40)23-13-9-8-12-22(23)28/h6-13,15-16,26,28-31H,4-5,14,17H2,1-3H3,(H,36,38)/t26-,28?,29?,30+,31+/m1/s1. The monoisotopic (exact) mass is 628 g/mol. The van der Waals surface area contributed by atoms with Gasteiger partial charge in [0.05, 0.1) is 11.8 Å². The third kappa shape index (κ3) is 4.47. The van der Waals surface area contributed by atoms with Gasteiger partial charge in [-0.05, 0) is 65.8 Å². The maximum atomic E-state index is 14.2. The van der Waals surface area contributed by atoms with E-state index in [0.717, 1.165) is 44.3 Å². The number of nitrogens with zero attached hydrogens (tertiary/aromatic N) is 1. The maximum Gasteiger partial charge on any atom is 0.329 e. The molecule has 0 aromatic heterocycles. The van der Waals surface area contributed by atoms with E-state index in [1.165, 1.54) is 4.90 Å². The lowest BCUT2D eigenvalue weighted by molar-refractivity contribution is -0.160. The Bertz CT molecular complexity index is 1500. The van der Waals surface area contributed by atoms with E-state index < -0.39 is 36.4 Å². The highest BCUT2D eigenvalue weighted by Gasteiger charge is 2.63. The van der Waals surface area contributed by atoms with Gasteiger partial charge in [0.25, 0.3) is 5.91 Å². The number of carbonyl (C=O) groups is 4. The van der Waals surface area contributed by atoms with Crippen LogP contribution < -0.4 is 5.32 Å². The molecular weight excluding hydrogens is 596 g/mol. The molecule has 3 aromatic rings. The fraction of sp³-hybridized carbons (Fsp3) is 0.353. The second-order valence-corrected chi connectivity index (χ2v) is 12.3. The number of halogens is 1. The van der Waals surface area contributed by atoms with Gasteiger partial charge in [-0.15, -0.1) is 0 Å². The molecule has 216 valence electrons. The summed E-state index contributed by atoms with van der Waals surface area (Å²) in [6, 6.07) is 18.6. The lowest BCUT2D eigenvalue weighted by Gasteiger charge is -2.45. The summed E-state index contributed by atoms with van der Waals surface area (Å²) in [5.41, 5.74) is 6.83. The number of esters is 1. The Morgan fingerprint density at radius 1 is 0.857 bits per heavy atom. The molecule has 8 heteroatoms. The van der Waals surface area contributed by atoms with Crippen molar-refractivity contribution in [1.82, 2.24) is 4.90 Å². The van der Waals surface area contributed by atoms with Crippen LogP contribution in [-0.4, -0.2) is 41.2 Å². The summed E-state index contributed by atoms with van der Waals surface area (Å²) in [4.78, 5) is 55.8. The van der Waals surface area contributed by atoms with Gasteiger partial charge in [0.2, 0.25) is 11.8 Å². The van der Waals surface area contributed by atoms with Crippen LogP contribution in [0, 0.1) is 25.7 Å². The second-order valence-electron chi connectivity index (χ2n) is 11.5. The van der Waals surface area contributed by atoms with E-state index >= 15 is 0 Å². The zero-order valence-corrected chi connectivity index (χ0v) is 25.4. The summed E-state index contributed by atoms with van der Waals surface area (Å²) in [7, 11) is 0. The highest BCUT2D eigenvalue weighted by molar-refractivity contribution is 9.10. The van der Waals surface area contributed by atoms with Crippen LogP contribution in [0.4, 0.5) is 5.69 Å². The van der Waals surface area contributed by atoms with Crippen molar-refractivity contribution in [2.24, 2.45) is 11.8 Å². The number of imide groups is 1. The Morgan fingerprint density at radius 3 is 1.88 bits per heavy atom. The number of unbranched alkanes of at least 4 members (excludes halogenated alkanes) is 1. The van der Waals surface area contributed by atoms with Crippen LogP contribution in [0.5, 0.6) is 0 Å². The van der Waals surface area contributed by atoms with Crippen LogP contribution in [0.15, 0.2) is 65.1 Å². The highest BCUT2D eigenvalue weighted by Crippen LogP contribution is 2.61. The number of hydrogen-bond donors (Lipinski definition) is 1. The summed E-state index contributed by atoms with van der Waals surface area (Å²) < 4.78 is 6.41. The van der Waals surface area contributed by atoms with Gasteiger partial charge in [0.1, 0.15) is 6.04 Å².